The van der Waals surface area contributed by atoms with E-state index in [0.29, 0.717) is 5.56 Å². The lowest BCUT2D eigenvalue weighted by Crippen LogP contribution is -2.57. The van der Waals surface area contributed by atoms with Crippen LogP contribution in [0.1, 0.15) is 32.3 Å². The van der Waals surface area contributed by atoms with E-state index in [9.17, 15) is 34.2 Å². The summed E-state index contributed by atoms with van der Waals surface area (Å²) in [7, 11) is 0. The van der Waals surface area contributed by atoms with E-state index in [-0.39, 0.29) is 24.5 Å². The molecule has 0 radical (unpaired) electrons. The highest BCUT2D eigenvalue weighted by Gasteiger charge is 2.30. The molecule has 9 N–H and O–H groups in total. The number of carbonyl (C=O) groups excluding carboxylic acids is 4. The van der Waals surface area contributed by atoms with E-state index >= 15 is 0 Å². The molecule has 1 aromatic carbocycles. The zero-order valence-corrected chi connectivity index (χ0v) is 18.5. The predicted molar refractivity (Wildman–Crippen MR) is 118 cm³/mol. The number of aromatic hydroxyl groups is 1. The molecule has 3 unspecified atom stereocenters. The number of benzene rings is 1. The third-order valence-corrected chi connectivity index (χ3v) is 4.57. The van der Waals surface area contributed by atoms with Crippen LogP contribution in [0.2, 0.25) is 0 Å². The zero-order chi connectivity index (χ0) is 25.1. The maximum absolute atomic E-state index is 12.9. The summed E-state index contributed by atoms with van der Waals surface area (Å²) in [5.41, 5.74) is 10.9. The average molecular weight is 466 g/mol. The highest BCUT2D eigenvalue weighted by Crippen LogP contribution is 2.12. The van der Waals surface area contributed by atoms with Crippen molar-refractivity contribution < 1.29 is 34.2 Å². The number of carboxylic acid groups (broad SMARTS) is 1. The Balaban J connectivity index is 2.98. The van der Waals surface area contributed by atoms with Crippen LogP contribution in [0, 0.1) is 5.92 Å². The van der Waals surface area contributed by atoms with Gasteiger partial charge in [0, 0.05) is 6.42 Å². The van der Waals surface area contributed by atoms with Crippen LogP contribution in [0.25, 0.3) is 0 Å². The zero-order valence-electron chi connectivity index (χ0n) is 18.5. The second kappa shape index (κ2) is 13.0. The normalized spacial score (nSPS) is 13.5. The first-order chi connectivity index (χ1) is 15.4. The van der Waals surface area contributed by atoms with Crippen LogP contribution in [-0.2, 0) is 30.4 Å². The summed E-state index contributed by atoms with van der Waals surface area (Å²) in [6.45, 7) is 3.18. The topological polar surface area (TPSA) is 214 Å². The monoisotopic (exact) mass is 465 g/mol. The summed E-state index contributed by atoms with van der Waals surface area (Å²) in [5.74, 6) is -4.45. The molecule has 12 nitrogen and oxygen atoms in total. The smallest absolute Gasteiger partial charge is 0.326 e. The molecule has 0 saturated carbocycles. The molecule has 33 heavy (non-hydrogen) atoms. The predicted octanol–water partition coefficient (Wildman–Crippen LogP) is -1.65. The minimum absolute atomic E-state index is 0.0154. The molecule has 0 heterocycles. The van der Waals surface area contributed by atoms with E-state index in [1.54, 1.807) is 13.8 Å². The molecule has 182 valence electrons. The third kappa shape index (κ3) is 9.99. The Hall–Kier alpha value is -3.67. The Morgan fingerprint density at radius 2 is 1.45 bits per heavy atom. The molecule has 0 aliphatic rings. The molecule has 12 heteroatoms. The largest absolute Gasteiger partial charge is 0.508 e. The van der Waals surface area contributed by atoms with Crippen LogP contribution in [0.5, 0.6) is 5.75 Å². The van der Waals surface area contributed by atoms with Crippen LogP contribution in [0.3, 0.4) is 0 Å². The van der Waals surface area contributed by atoms with Crippen molar-refractivity contribution in [3.8, 4) is 5.75 Å². The quantitative estimate of drug-likeness (QED) is 0.179. The van der Waals surface area contributed by atoms with E-state index in [1.807, 2.05) is 0 Å². The Bertz CT molecular complexity index is 857. The van der Waals surface area contributed by atoms with Gasteiger partial charge >= 0.3 is 5.97 Å². The number of phenolic OH excluding ortho intramolecular Hbond substituents is 1. The van der Waals surface area contributed by atoms with Crippen molar-refractivity contribution in [2.24, 2.45) is 17.4 Å². The summed E-state index contributed by atoms with van der Waals surface area (Å²) in [4.78, 5) is 60.1. The van der Waals surface area contributed by atoms with Gasteiger partial charge in [-0.15, -0.1) is 0 Å². The first kappa shape index (κ1) is 27.4. The molecule has 1 aromatic rings. The fraction of sp³-hybridized carbons (Fsp3) is 0.476. The van der Waals surface area contributed by atoms with Crippen LogP contribution < -0.4 is 27.4 Å². The molecule has 0 bridgehead atoms. The van der Waals surface area contributed by atoms with Crippen molar-refractivity contribution in [3.63, 3.8) is 0 Å². The van der Waals surface area contributed by atoms with Gasteiger partial charge in [0.2, 0.25) is 23.6 Å². The van der Waals surface area contributed by atoms with Gasteiger partial charge in [0.1, 0.15) is 23.9 Å². The molecule has 0 aliphatic heterocycles. The van der Waals surface area contributed by atoms with Crippen molar-refractivity contribution in [1.29, 1.82) is 0 Å². The van der Waals surface area contributed by atoms with E-state index in [1.165, 1.54) is 24.3 Å². The number of phenols is 1. The summed E-state index contributed by atoms with van der Waals surface area (Å²) < 4.78 is 0. The minimum Gasteiger partial charge on any atom is -0.508 e. The molecule has 0 spiro atoms. The molecule has 1 rings (SSSR count). The number of carbonyl (C=O) groups is 5. The Kier molecular flexibility index (Phi) is 10.8. The first-order valence-electron chi connectivity index (χ1n) is 10.3. The molecular weight excluding hydrogens is 434 g/mol. The highest BCUT2D eigenvalue weighted by molar-refractivity contribution is 5.95. The second-order valence-corrected chi connectivity index (χ2v) is 7.96. The fourth-order valence-corrected chi connectivity index (χ4v) is 2.98. The molecular formula is C21H31N5O7. The number of aliphatic carboxylic acids is 1. The number of hydrogen-bond acceptors (Lipinski definition) is 7. The Labute approximate surface area is 191 Å². The SMILES string of the molecule is CC(C)CC(NC(=O)C(CC(N)=O)NC(=O)CN)C(=O)NC(Cc1ccc(O)cc1)C(=O)O. The van der Waals surface area contributed by atoms with Crippen LogP contribution >= 0.6 is 0 Å². The van der Waals surface area contributed by atoms with Gasteiger partial charge in [-0.2, -0.15) is 0 Å². The molecule has 0 fully saturated rings. The van der Waals surface area contributed by atoms with Gasteiger partial charge in [-0.05, 0) is 30.0 Å². The van der Waals surface area contributed by atoms with Crippen LogP contribution in [0.15, 0.2) is 24.3 Å². The lowest BCUT2D eigenvalue weighted by molar-refractivity contribution is -0.142. The highest BCUT2D eigenvalue weighted by atomic mass is 16.4. The number of rotatable bonds is 13. The van der Waals surface area contributed by atoms with E-state index in [0.717, 1.165) is 0 Å². The molecule has 0 saturated heterocycles. The molecule has 0 aliphatic carbocycles. The van der Waals surface area contributed by atoms with Gasteiger partial charge in [-0.25, -0.2) is 4.79 Å². The van der Waals surface area contributed by atoms with E-state index < -0.39 is 60.7 Å². The molecule has 3 atom stereocenters. The number of carboxylic acids is 1. The van der Waals surface area contributed by atoms with Gasteiger partial charge in [0.15, 0.2) is 0 Å². The maximum Gasteiger partial charge on any atom is 0.326 e. The fourth-order valence-electron chi connectivity index (χ4n) is 2.98. The van der Waals surface area contributed by atoms with Gasteiger partial charge in [-0.1, -0.05) is 26.0 Å². The van der Waals surface area contributed by atoms with E-state index in [2.05, 4.69) is 16.0 Å². The van der Waals surface area contributed by atoms with E-state index in [4.69, 9.17) is 11.5 Å². The van der Waals surface area contributed by atoms with Gasteiger partial charge in [0.25, 0.3) is 0 Å². The minimum atomic E-state index is -1.34. The molecule has 4 amide bonds. The number of nitrogens with two attached hydrogens (primary N) is 2. The summed E-state index contributed by atoms with van der Waals surface area (Å²) in [5, 5.41) is 26.0. The summed E-state index contributed by atoms with van der Waals surface area (Å²) >= 11 is 0. The lowest BCUT2D eigenvalue weighted by atomic mass is 10.0. The van der Waals surface area contributed by atoms with Crippen molar-refractivity contribution in [1.82, 2.24) is 16.0 Å². The first-order valence-corrected chi connectivity index (χ1v) is 10.3. The standard InChI is InChI=1S/C21H31N5O7/c1-11(2)7-14(25-20(31)15(9-17(23)28)24-18(29)10-22)19(30)26-16(21(32)33)8-12-3-5-13(27)6-4-12/h3-6,11,14-16,27H,7-10,22H2,1-2H3,(H2,23,28)(H,24,29)(H,25,31)(H,26,30)(H,32,33). The van der Waals surface area contributed by atoms with Crippen molar-refractivity contribution in [2.45, 2.75) is 51.2 Å². The summed E-state index contributed by atoms with van der Waals surface area (Å²) in [6.07, 6.45) is -0.399. The van der Waals surface area contributed by atoms with Gasteiger partial charge < -0.3 is 37.6 Å². The number of hydrogen-bond donors (Lipinski definition) is 7. The Morgan fingerprint density at radius 3 is 1.94 bits per heavy atom. The Morgan fingerprint density at radius 1 is 0.909 bits per heavy atom. The number of amides is 4. The van der Waals surface area contributed by atoms with Crippen molar-refractivity contribution in [2.75, 3.05) is 6.54 Å². The van der Waals surface area contributed by atoms with Crippen molar-refractivity contribution in [3.05, 3.63) is 29.8 Å². The molecule has 0 aromatic heterocycles. The van der Waals surface area contributed by atoms with Gasteiger partial charge in [0.05, 0.1) is 13.0 Å². The van der Waals surface area contributed by atoms with Crippen molar-refractivity contribution >= 4 is 29.6 Å². The lowest BCUT2D eigenvalue weighted by Gasteiger charge is -2.25. The van der Waals surface area contributed by atoms with Gasteiger partial charge in [-0.3, -0.25) is 19.2 Å². The average Bonchev–Trinajstić information content (AvgIpc) is 2.72. The number of primary amides is 1. The van der Waals surface area contributed by atoms with Crippen LogP contribution in [0.4, 0.5) is 0 Å². The number of nitrogens with one attached hydrogen (secondary N) is 3. The van der Waals surface area contributed by atoms with Crippen LogP contribution in [-0.4, -0.2) is 64.5 Å². The summed E-state index contributed by atoms with van der Waals surface area (Å²) in [6, 6.07) is 2.07. The third-order valence-electron chi connectivity index (χ3n) is 4.57. The maximum atomic E-state index is 12.9. The second-order valence-electron chi connectivity index (χ2n) is 7.96.